The minimum atomic E-state index is -0.0444. The molecule has 0 heterocycles. The number of amides is 1. The Morgan fingerprint density at radius 3 is 2.48 bits per heavy atom. The Hall–Kier alpha value is -2.13. The van der Waals surface area contributed by atoms with Gasteiger partial charge < -0.3 is 10.1 Å². The number of nitrogens with one attached hydrogen (secondary N) is 1. The number of carbonyl (C=O) groups excluding carboxylic acids is 1. The molecule has 0 radical (unpaired) electrons. The summed E-state index contributed by atoms with van der Waals surface area (Å²) in [5, 5.41) is 2.93. The number of hydrogen-bond donors (Lipinski definition) is 1. The van der Waals surface area contributed by atoms with Gasteiger partial charge in [0.1, 0.15) is 0 Å². The molecule has 3 nitrogen and oxygen atoms in total. The lowest BCUT2D eigenvalue weighted by Crippen LogP contribution is -2.22. The van der Waals surface area contributed by atoms with Crippen molar-refractivity contribution in [1.29, 1.82) is 0 Å². The molecular weight excluding hydrogens is 262 g/mol. The van der Waals surface area contributed by atoms with Gasteiger partial charge in [0.25, 0.3) is 5.91 Å². The summed E-state index contributed by atoms with van der Waals surface area (Å²) in [5.41, 5.74) is 4.01. The molecule has 3 heteroatoms. The lowest BCUT2D eigenvalue weighted by atomic mass is 10.1. The first-order valence-corrected chi connectivity index (χ1v) is 7.19. The molecule has 2 aromatic rings. The Kier molecular flexibility index (Phi) is 5.52. The maximum atomic E-state index is 12.0. The van der Waals surface area contributed by atoms with Gasteiger partial charge >= 0.3 is 0 Å². The average Bonchev–Trinajstić information content (AvgIpc) is 2.51. The topological polar surface area (TPSA) is 38.3 Å². The summed E-state index contributed by atoms with van der Waals surface area (Å²) in [6, 6.07) is 15.7. The van der Waals surface area contributed by atoms with Crippen LogP contribution in [-0.2, 0) is 17.9 Å². The van der Waals surface area contributed by atoms with Crippen LogP contribution >= 0.6 is 0 Å². The van der Waals surface area contributed by atoms with Crippen molar-refractivity contribution < 1.29 is 9.53 Å². The highest BCUT2D eigenvalue weighted by atomic mass is 16.5. The van der Waals surface area contributed by atoms with Crippen LogP contribution in [0, 0.1) is 6.92 Å². The Balaban J connectivity index is 1.89. The number of carbonyl (C=O) groups is 1. The molecule has 0 saturated carbocycles. The lowest BCUT2D eigenvalue weighted by molar-refractivity contribution is 0.0951. The molecule has 0 aliphatic rings. The van der Waals surface area contributed by atoms with Crippen LogP contribution in [0.5, 0.6) is 0 Å². The molecular formula is C18H21NO2. The largest absolute Gasteiger partial charge is 0.377 e. The summed E-state index contributed by atoms with van der Waals surface area (Å²) >= 11 is 0. The van der Waals surface area contributed by atoms with E-state index in [-0.39, 0.29) is 5.91 Å². The fourth-order valence-corrected chi connectivity index (χ4v) is 2.04. The molecule has 0 unspecified atom stereocenters. The molecule has 0 atom stereocenters. The van der Waals surface area contributed by atoms with Crippen molar-refractivity contribution in [3.63, 3.8) is 0 Å². The molecule has 110 valence electrons. The van der Waals surface area contributed by atoms with Gasteiger partial charge in [0.15, 0.2) is 0 Å². The van der Waals surface area contributed by atoms with Crippen molar-refractivity contribution >= 4 is 5.91 Å². The summed E-state index contributed by atoms with van der Waals surface area (Å²) < 4.78 is 5.36. The predicted octanol–water partition coefficient (Wildman–Crippen LogP) is 3.46. The fraction of sp³-hybridized carbons (Fsp3) is 0.278. The fourth-order valence-electron chi connectivity index (χ4n) is 2.04. The van der Waals surface area contributed by atoms with Crippen LogP contribution in [0.2, 0.25) is 0 Å². The zero-order chi connectivity index (χ0) is 15.1. The van der Waals surface area contributed by atoms with E-state index < -0.39 is 0 Å². The van der Waals surface area contributed by atoms with Crippen molar-refractivity contribution in [1.82, 2.24) is 5.32 Å². The molecule has 1 N–H and O–H groups in total. The molecule has 2 aromatic carbocycles. The Morgan fingerprint density at radius 2 is 1.81 bits per heavy atom. The van der Waals surface area contributed by atoms with E-state index in [1.165, 1.54) is 0 Å². The smallest absolute Gasteiger partial charge is 0.251 e. The quantitative estimate of drug-likeness (QED) is 0.881. The number of benzene rings is 2. The number of ether oxygens (including phenoxy) is 1. The molecule has 0 aromatic heterocycles. The van der Waals surface area contributed by atoms with Crippen molar-refractivity contribution in [2.45, 2.75) is 27.0 Å². The van der Waals surface area contributed by atoms with Crippen molar-refractivity contribution in [3.8, 4) is 0 Å². The van der Waals surface area contributed by atoms with Crippen LogP contribution in [0.4, 0.5) is 0 Å². The molecule has 0 aliphatic heterocycles. The van der Waals surface area contributed by atoms with E-state index in [2.05, 4.69) is 5.32 Å². The third-order valence-electron chi connectivity index (χ3n) is 3.23. The molecule has 0 spiro atoms. The summed E-state index contributed by atoms with van der Waals surface area (Å²) in [6.07, 6.45) is 0. The molecule has 2 rings (SSSR count). The van der Waals surface area contributed by atoms with E-state index in [0.717, 1.165) is 16.7 Å². The van der Waals surface area contributed by atoms with Crippen LogP contribution in [0.3, 0.4) is 0 Å². The van der Waals surface area contributed by atoms with Gasteiger partial charge in [-0.05, 0) is 37.1 Å². The normalized spacial score (nSPS) is 10.4. The lowest BCUT2D eigenvalue weighted by Gasteiger charge is -2.07. The van der Waals surface area contributed by atoms with Crippen molar-refractivity contribution in [2.24, 2.45) is 0 Å². The van der Waals surface area contributed by atoms with Crippen LogP contribution < -0.4 is 5.32 Å². The first-order valence-electron chi connectivity index (χ1n) is 7.19. The minimum Gasteiger partial charge on any atom is -0.377 e. The maximum Gasteiger partial charge on any atom is 0.251 e. The minimum absolute atomic E-state index is 0.0444. The van der Waals surface area contributed by atoms with Gasteiger partial charge in [0.2, 0.25) is 0 Å². The van der Waals surface area contributed by atoms with Gasteiger partial charge in [0, 0.05) is 18.7 Å². The highest BCUT2D eigenvalue weighted by molar-refractivity contribution is 5.94. The maximum absolute atomic E-state index is 12.0. The second kappa shape index (κ2) is 7.60. The van der Waals surface area contributed by atoms with E-state index in [1.54, 1.807) is 0 Å². The zero-order valence-corrected chi connectivity index (χ0v) is 12.6. The van der Waals surface area contributed by atoms with Gasteiger partial charge in [-0.1, -0.05) is 42.0 Å². The van der Waals surface area contributed by atoms with E-state index in [9.17, 15) is 4.79 Å². The number of hydrogen-bond acceptors (Lipinski definition) is 2. The molecule has 0 aliphatic carbocycles. The summed E-state index contributed by atoms with van der Waals surface area (Å²) in [6.45, 7) is 5.84. The zero-order valence-electron chi connectivity index (χ0n) is 12.6. The molecule has 0 fully saturated rings. The van der Waals surface area contributed by atoms with E-state index in [1.807, 2.05) is 62.4 Å². The third-order valence-corrected chi connectivity index (χ3v) is 3.23. The van der Waals surface area contributed by atoms with Gasteiger partial charge in [-0.3, -0.25) is 4.79 Å². The third kappa shape index (κ3) is 4.72. The van der Waals surface area contributed by atoms with Crippen LogP contribution in [-0.4, -0.2) is 12.5 Å². The van der Waals surface area contributed by atoms with Gasteiger partial charge in [-0.15, -0.1) is 0 Å². The summed E-state index contributed by atoms with van der Waals surface area (Å²) in [4.78, 5) is 12.0. The summed E-state index contributed by atoms with van der Waals surface area (Å²) in [5.74, 6) is -0.0444. The Morgan fingerprint density at radius 1 is 1.10 bits per heavy atom. The highest BCUT2D eigenvalue weighted by Gasteiger charge is 2.05. The second-order valence-electron chi connectivity index (χ2n) is 5.01. The molecule has 1 amide bonds. The summed E-state index contributed by atoms with van der Waals surface area (Å²) in [7, 11) is 0. The number of rotatable bonds is 6. The van der Waals surface area contributed by atoms with Crippen LogP contribution in [0.1, 0.15) is 34.0 Å². The standard InChI is InChI=1S/C18H21NO2/c1-3-21-13-16-9-7-15(8-10-16)12-19-18(20)17-6-4-5-14(2)11-17/h4-11H,3,12-13H2,1-2H3,(H,19,20). The first kappa shape index (κ1) is 15.3. The van der Waals surface area contributed by atoms with Crippen LogP contribution in [0.25, 0.3) is 0 Å². The van der Waals surface area contributed by atoms with Gasteiger partial charge in [-0.25, -0.2) is 0 Å². The molecule has 0 saturated heterocycles. The van der Waals surface area contributed by atoms with Gasteiger partial charge in [-0.2, -0.15) is 0 Å². The number of aryl methyl sites for hydroxylation is 1. The monoisotopic (exact) mass is 283 g/mol. The van der Waals surface area contributed by atoms with Crippen LogP contribution in [0.15, 0.2) is 48.5 Å². The van der Waals surface area contributed by atoms with E-state index in [4.69, 9.17) is 4.74 Å². The second-order valence-corrected chi connectivity index (χ2v) is 5.01. The highest BCUT2D eigenvalue weighted by Crippen LogP contribution is 2.07. The Bertz CT molecular complexity index is 590. The van der Waals surface area contributed by atoms with Gasteiger partial charge in [0.05, 0.1) is 6.61 Å². The Labute approximate surface area is 126 Å². The first-order chi connectivity index (χ1) is 10.2. The van der Waals surface area contributed by atoms with Crippen molar-refractivity contribution in [3.05, 3.63) is 70.8 Å². The predicted molar refractivity (Wildman–Crippen MR) is 84.1 cm³/mol. The van der Waals surface area contributed by atoms with Crippen molar-refractivity contribution in [2.75, 3.05) is 6.61 Å². The van der Waals surface area contributed by atoms with E-state index in [0.29, 0.717) is 25.3 Å². The molecule has 21 heavy (non-hydrogen) atoms. The van der Waals surface area contributed by atoms with E-state index >= 15 is 0 Å². The SMILES string of the molecule is CCOCc1ccc(CNC(=O)c2cccc(C)c2)cc1. The molecule has 0 bridgehead atoms. The average molecular weight is 283 g/mol.